The molecule has 0 aliphatic heterocycles. The van der Waals surface area contributed by atoms with Crippen LogP contribution < -0.4 is 10.1 Å². The molecule has 0 amide bonds. The zero-order valence-electron chi connectivity index (χ0n) is 10.9. The van der Waals surface area contributed by atoms with E-state index in [2.05, 4.69) is 28.7 Å². The Morgan fingerprint density at radius 3 is 2.89 bits per heavy atom. The number of nitrogens with zero attached hydrogens (tertiary/aromatic N) is 1. The molecule has 18 heavy (non-hydrogen) atoms. The summed E-state index contributed by atoms with van der Waals surface area (Å²) < 4.78 is 5.36. The maximum absolute atomic E-state index is 5.36. The normalized spacial score (nSPS) is 12.4. The number of methoxy groups -OCH3 is 1. The van der Waals surface area contributed by atoms with Crippen LogP contribution in [0.4, 0.5) is 0 Å². The van der Waals surface area contributed by atoms with Gasteiger partial charge in [0.15, 0.2) is 0 Å². The molecule has 3 nitrogen and oxygen atoms in total. The van der Waals surface area contributed by atoms with E-state index < -0.39 is 0 Å². The highest BCUT2D eigenvalue weighted by molar-refractivity contribution is 7.09. The molecule has 2 rings (SSSR count). The second-order valence-electron chi connectivity index (χ2n) is 4.17. The van der Waals surface area contributed by atoms with Crippen LogP contribution in [0.3, 0.4) is 0 Å². The van der Waals surface area contributed by atoms with Gasteiger partial charge < -0.3 is 10.1 Å². The van der Waals surface area contributed by atoms with E-state index in [-0.39, 0.29) is 0 Å². The van der Waals surface area contributed by atoms with Crippen molar-refractivity contribution in [2.24, 2.45) is 0 Å². The highest BCUT2D eigenvalue weighted by Crippen LogP contribution is 2.24. The molecule has 1 unspecified atom stereocenters. The van der Waals surface area contributed by atoms with E-state index in [1.807, 2.05) is 25.2 Å². The highest BCUT2D eigenvalue weighted by Gasteiger charge is 2.10. The Morgan fingerprint density at radius 2 is 2.17 bits per heavy atom. The fraction of sp³-hybridized carbons (Fsp3) is 0.357. The Kier molecular flexibility index (Phi) is 4.33. The Balaban J connectivity index is 2.16. The molecular weight excluding hydrogens is 244 g/mol. The van der Waals surface area contributed by atoms with Gasteiger partial charge in [-0.2, -0.15) is 0 Å². The molecule has 0 bridgehead atoms. The minimum Gasteiger partial charge on any atom is -0.496 e. The van der Waals surface area contributed by atoms with Gasteiger partial charge in [-0.3, -0.25) is 0 Å². The maximum atomic E-state index is 5.36. The predicted molar refractivity (Wildman–Crippen MR) is 75.4 cm³/mol. The van der Waals surface area contributed by atoms with E-state index in [0.29, 0.717) is 6.04 Å². The summed E-state index contributed by atoms with van der Waals surface area (Å²) >= 11 is 1.70. The van der Waals surface area contributed by atoms with Crippen LogP contribution in [-0.2, 0) is 6.42 Å². The zero-order chi connectivity index (χ0) is 13.0. The van der Waals surface area contributed by atoms with Gasteiger partial charge in [-0.05, 0) is 20.0 Å². The molecule has 0 saturated carbocycles. The van der Waals surface area contributed by atoms with Gasteiger partial charge in [0.1, 0.15) is 5.75 Å². The van der Waals surface area contributed by atoms with Gasteiger partial charge in [0, 0.05) is 23.4 Å². The quantitative estimate of drug-likeness (QED) is 0.899. The first kappa shape index (κ1) is 13.1. The standard InChI is InChI=1S/C14H18N2OS/c1-10(15-2)12-9-18-14(16-12)8-11-6-4-5-7-13(11)17-3/h4-7,9-10,15H,8H2,1-3H3. The van der Waals surface area contributed by atoms with E-state index in [9.17, 15) is 0 Å². The van der Waals surface area contributed by atoms with Crippen molar-refractivity contribution in [3.63, 3.8) is 0 Å². The number of hydrogen-bond donors (Lipinski definition) is 1. The third kappa shape index (κ3) is 2.89. The summed E-state index contributed by atoms with van der Waals surface area (Å²) in [4.78, 5) is 4.65. The molecular formula is C14H18N2OS. The first-order valence-electron chi connectivity index (χ1n) is 5.98. The predicted octanol–water partition coefficient (Wildman–Crippen LogP) is 3.02. The fourth-order valence-corrected chi connectivity index (χ4v) is 2.68. The summed E-state index contributed by atoms with van der Waals surface area (Å²) in [6.45, 7) is 2.11. The van der Waals surface area contributed by atoms with Crippen LogP contribution in [0.25, 0.3) is 0 Å². The summed E-state index contributed by atoms with van der Waals surface area (Å²) in [5, 5.41) is 6.44. The summed E-state index contributed by atoms with van der Waals surface area (Å²) in [6, 6.07) is 8.38. The van der Waals surface area contributed by atoms with Crippen molar-refractivity contribution in [2.45, 2.75) is 19.4 Å². The van der Waals surface area contributed by atoms with Crippen molar-refractivity contribution in [1.29, 1.82) is 0 Å². The molecule has 1 N–H and O–H groups in total. The van der Waals surface area contributed by atoms with Gasteiger partial charge >= 0.3 is 0 Å². The molecule has 4 heteroatoms. The Morgan fingerprint density at radius 1 is 1.39 bits per heavy atom. The van der Waals surface area contributed by atoms with Crippen LogP contribution in [0.2, 0.25) is 0 Å². The molecule has 0 aliphatic carbocycles. The van der Waals surface area contributed by atoms with E-state index in [4.69, 9.17) is 4.74 Å². The van der Waals surface area contributed by atoms with Crippen molar-refractivity contribution in [1.82, 2.24) is 10.3 Å². The average molecular weight is 262 g/mol. The molecule has 1 aromatic heterocycles. The van der Waals surface area contributed by atoms with Crippen LogP contribution in [0.1, 0.15) is 29.2 Å². The maximum Gasteiger partial charge on any atom is 0.122 e. The fourth-order valence-electron chi connectivity index (χ4n) is 1.76. The Bertz CT molecular complexity index is 510. The molecule has 0 fully saturated rings. The van der Waals surface area contributed by atoms with Gasteiger partial charge in [0.2, 0.25) is 0 Å². The molecule has 0 saturated heterocycles. The third-order valence-electron chi connectivity index (χ3n) is 2.98. The number of aromatic nitrogens is 1. The molecule has 0 aliphatic rings. The molecule has 0 radical (unpaired) electrons. The number of thiazole rings is 1. The molecule has 1 atom stereocenters. The SMILES string of the molecule is CNC(C)c1csc(Cc2ccccc2OC)n1. The van der Waals surface area contributed by atoms with E-state index in [1.54, 1.807) is 18.4 Å². The third-order valence-corrected chi connectivity index (χ3v) is 3.85. The van der Waals surface area contributed by atoms with Crippen LogP contribution in [0.15, 0.2) is 29.6 Å². The minimum absolute atomic E-state index is 0.299. The zero-order valence-corrected chi connectivity index (χ0v) is 11.8. The largest absolute Gasteiger partial charge is 0.496 e. The van der Waals surface area contributed by atoms with Crippen molar-refractivity contribution < 1.29 is 4.74 Å². The van der Waals surface area contributed by atoms with Crippen LogP contribution in [0, 0.1) is 0 Å². The summed E-state index contributed by atoms with van der Waals surface area (Å²) in [7, 11) is 3.65. The highest BCUT2D eigenvalue weighted by atomic mass is 32.1. The van der Waals surface area contributed by atoms with E-state index in [1.165, 1.54) is 5.56 Å². The Labute approximate surface area is 112 Å². The van der Waals surface area contributed by atoms with Gasteiger partial charge in [-0.15, -0.1) is 11.3 Å². The first-order valence-corrected chi connectivity index (χ1v) is 6.86. The van der Waals surface area contributed by atoms with E-state index in [0.717, 1.165) is 22.9 Å². The minimum atomic E-state index is 0.299. The summed E-state index contributed by atoms with van der Waals surface area (Å²) in [6.07, 6.45) is 0.825. The number of hydrogen-bond acceptors (Lipinski definition) is 4. The number of benzene rings is 1. The van der Waals surface area contributed by atoms with Gasteiger partial charge in [-0.1, -0.05) is 18.2 Å². The molecule has 2 aromatic rings. The summed E-state index contributed by atoms with van der Waals surface area (Å²) in [5.41, 5.74) is 2.28. The second-order valence-corrected chi connectivity index (χ2v) is 5.11. The molecule has 0 spiro atoms. The second kappa shape index (κ2) is 5.98. The van der Waals surface area contributed by atoms with Gasteiger partial charge in [0.05, 0.1) is 17.8 Å². The number of rotatable bonds is 5. The lowest BCUT2D eigenvalue weighted by atomic mass is 10.1. The average Bonchev–Trinajstić information content (AvgIpc) is 2.87. The van der Waals surface area contributed by atoms with Crippen LogP contribution in [-0.4, -0.2) is 19.1 Å². The van der Waals surface area contributed by atoms with Crippen molar-refractivity contribution in [2.75, 3.05) is 14.2 Å². The Hall–Kier alpha value is -1.39. The lowest BCUT2D eigenvalue weighted by Gasteiger charge is -2.07. The van der Waals surface area contributed by atoms with Crippen molar-refractivity contribution in [3.05, 3.63) is 45.9 Å². The molecule has 96 valence electrons. The summed E-state index contributed by atoms with van der Waals surface area (Å²) in [5.74, 6) is 0.927. The first-order chi connectivity index (χ1) is 8.74. The van der Waals surface area contributed by atoms with Gasteiger partial charge in [-0.25, -0.2) is 4.98 Å². The topological polar surface area (TPSA) is 34.1 Å². The smallest absolute Gasteiger partial charge is 0.122 e. The number of ether oxygens (including phenoxy) is 1. The molecule has 1 aromatic carbocycles. The number of nitrogens with one attached hydrogen (secondary N) is 1. The monoisotopic (exact) mass is 262 g/mol. The van der Waals surface area contributed by atoms with Crippen LogP contribution in [0.5, 0.6) is 5.75 Å². The molecule has 1 heterocycles. The van der Waals surface area contributed by atoms with Crippen molar-refractivity contribution in [3.8, 4) is 5.75 Å². The lowest BCUT2D eigenvalue weighted by molar-refractivity contribution is 0.410. The number of para-hydroxylation sites is 1. The van der Waals surface area contributed by atoms with E-state index >= 15 is 0 Å². The van der Waals surface area contributed by atoms with Crippen LogP contribution >= 0.6 is 11.3 Å². The van der Waals surface area contributed by atoms with Gasteiger partial charge in [0.25, 0.3) is 0 Å². The van der Waals surface area contributed by atoms with Crippen molar-refractivity contribution >= 4 is 11.3 Å². The lowest BCUT2D eigenvalue weighted by Crippen LogP contribution is -2.12.